The van der Waals surface area contributed by atoms with Gasteiger partial charge >= 0.3 is 0 Å². The third-order valence-corrected chi connectivity index (χ3v) is 4.60. The Labute approximate surface area is 160 Å². The van der Waals surface area contributed by atoms with Crippen LogP contribution in [0.2, 0.25) is 10.0 Å². The second kappa shape index (κ2) is 7.85. The number of hydrogen-bond donors (Lipinski definition) is 1. The van der Waals surface area contributed by atoms with Gasteiger partial charge in [0.15, 0.2) is 11.5 Å². The summed E-state index contributed by atoms with van der Waals surface area (Å²) in [5, 5.41) is 7.65. The predicted molar refractivity (Wildman–Crippen MR) is 101 cm³/mol. The van der Waals surface area contributed by atoms with Crippen LogP contribution in [0.5, 0.6) is 11.5 Å². The lowest BCUT2D eigenvalue weighted by Gasteiger charge is -2.12. The fraction of sp³-hybridized carbons (Fsp3) is 0.222. The van der Waals surface area contributed by atoms with Gasteiger partial charge in [-0.05, 0) is 24.3 Å². The van der Waals surface area contributed by atoms with Gasteiger partial charge in [0.25, 0.3) is 5.91 Å². The molecule has 2 aromatic rings. The van der Waals surface area contributed by atoms with Gasteiger partial charge in [0.2, 0.25) is 6.10 Å². The van der Waals surface area contributed by atoms with E-state index < -0.39 is 6.10 Å². The van der Waals surface area contributed by atoms with Crippen LogP contribution >= 0.6 is 23.2 Å². The lowest BCUT2D eigenvalue weighted by atomic mass is 10.0. The molecule has 1 aliphatic heterocycles. The standard InChI is InChI=1S/C18H16Cl2N2O4/c1-24-15-6-4-11(8-16(15)25-2)21-18(23)17-9-14(22-26-17)10-3-5-12(19)13(20)7-10/h3-8,17H,9H2,1-2H3,(H,21,23). The molecule has 1 amide bonds. The number of carbonyl (C=O) groups excluding carboxylic acids is 1. The largest absolute Gasteiger partial charge is 0.493 e. The van der Waals surface area contributed by atoms with Crippen molar-refractivity contribution in [2.45, 2.75) is 12.5 Å². The Morgan fingerprint density at radius 2 is 1.88 bits per heavy atom. The SMILES string of the molecule is COc1ccc(NC(=O)C2CC(c3ccc(Cl)c(Cl)c3)=NO2)cc1OC. The van der Waals surface area contributed by atoms with Crippen LogP contribution in [0.3, 0.4) is 0 Å². The quantitative estimate of drug-likeness (QED) is 0.826. The molecule has 8 heteroatoms. The molecule has 1 aliphatic rings. The molecule has 6 nitrogen and oxygen atoms in total. The van der Waals surface area contributed by atoms with Gasteiger partial charge in [-0.3, -0.25) is 4.79 Å². The summed E-state index contributed by atoms with van der Waals surface area (Å²) in [5.41, 5.74) is 1.97. The fourth-order valence-corrected chi connectivity index (χ4v) is 2.80. The molecule has 0 radical (unpaired) electrons. The minimum atomic E-state index is -0.729. The Morgan fingerprint density at radius 1 is 1.12 bits per heavy atom. The number of nitrogens with zero attached hydrogens (tertiary/aromatic N) is 1. The summed E-state index contributed by atoms with van der Waals surface area (Å²) in [4.78, 5) is 17.7. The first-order chi connectivity index (χ1) is 12.5. The van der Waals surface area contributed by atoms with E-state index in [1.165, 1.54) is 7.11 Å². The van der Waals surface area contributed by atoms with Crippen LogP contribution in [0.1, 0.15) is 12.0 Å². The molecule has 26 heavy (non-hydrogen) atoms. The van der Waals surface area contributed by atoms with Gasteiger partial charge in [-0.15, -0.1) is 0 Å². The number of hydrogen-bond acceptors (Lipinski definition) is 5. The first-order valence-corrected chi connectivity index (χ1v) is 8.48. The normalized spacial score (nSPS) is 15.8. The third-order valence-electron chi connectivity index (χ3n) is 3.87. The van der Waals surface area contributed by atoms with Crippen molar-refractivity contribution < 1.29 is 19.1 Å². The fourth-order valence-electron chi connectivity index (χ4n) is 2.50. The maximum absolute atomic E-state index is 12.4. The Hall–Kier alpha value is -2.44. The molecule has 1 N–H and O–H groups in total. The zero-order valence-corrected chi connectivity index (χ0v) is 15.6. The first kappa shape index (κ1) is 18.4. The summed E-state index contributed by atoms with van der Waals surface area (Å²) in [6, 6.07) is 10.3. The number of oxime groups is 1. The van der Waals surface area contributed by atoms with E-state index in [0.717, 1.165) is 5.56 Å². The highest BCUT2D eigenvalue weighted by atomic mass is 35.5. The summed E-state index contributed by atoms with van der Waals surface area (Å²) in [6.45, 7) is 0. The van der Waals surface area contributed by atoms with Crippen molar-refractivity contribution in [1.29, 1.82) is 0 Å². The third kappa shape index (κ3) is 3.86. The second-order valence-electron chi connectivity index (χ2n) is 5.52. The Kier molecular flexibility index (Phi) is 5.54. The van der Waals surface area contributed by atoms with Crippen LogP contribution in [0.25, 0.3) is 0 Å². The van der Waals surface area contributed by atoms with E-state index in [-0.39, 0.29) is 5.91 Å². The number of methoxy groups -OCH3 is 2. The minimum Gasteiger partial charge on any atom is -0.493 e. The number of benzene rings is 2. The number of amides is 1. The van der Waals surface area contributed by atoms with Gasteiger partial charge in [0, 0.05) is 23.7 Å². The molecule has 2 aromatic carbocycles. The number of rotatable bonds is 5. The van der Waals surface area contributed by atoms with Crippen LogP contribution in [-0.2, 0) is 9.63 Å². The van der Waals surface area contributed by atoms with Crippen molar-refractivity contribution in [3.8, 4) is 11.5 Å². The molecule has 0 spiro atoms. The summed E-state index contributed by atoms with van der Waals surface area (Å²) in [6.07, 6.45) is -0.399. The molecule has 3 rings (SSSR count). The van der Waals surface area contributed by atoms with Crippen molar-refractivity contribution in [2.24, 2.45) is 5.16 Å². The van der Waals surface area contributed by atoms with E-state index in [2.05, 4.69) is 10.5 Å². The molecular formula is C18H16Cl2N2O4. The highest BCUT2D eigenvalue weighted by molar-refractivity contribution is 6.42. The van der Waals surface area contributed by atoms with Gasteiger partial charge in [0.1, 0.15) is 0 Å². The Balaban J connectivity index is 1.66. The molecule has 0 saturated carbocycles. The van der Waals surface area contributed by atoms with Crippen molar-refractivity contribution in [3.63, 3.8) is 0 Å². The highest BCUT2D eigenvalue weighted by Gasteiger charge is 2.29. The van der Waals surface area contributed by atoms with Gasteiger partial charge < -0.3 is 19.6 Å². The molecule has 0 aromatic heterocycles. The summed E-state index contributed by atoms with van der Waals surface area (Å²) in [7, 11) is 3.07. The molecule has 0 bridgehead atoms. The monoisotopic (exact) mass is 394 g/mol. The average molecular weight is 395 g/mol. The molecule has 0 fully saturated rings. The summed E-state index contributed by atoms with van der Waals surface area (Å²) < 4.78 is 10.4. The lowest BCUT2D eigenvalue weighted by molar-refractivity contribution is -0.125. The molecular weight excluding hydrogens is 379 g/mol. The predicted octanol–water partition coefficient (Wildman–Crippen LogP) is 4.14. The van der Waals surface area contributed by atoms with Crippen molar-refractivity contribution >= 4 is 40.5 Å². The Bertz CT molecular complexity index is 870. The van der Waals surface area contributed by atoms with E-state index >= 15 is 0 Å². The van der Waals surface area contributed by atoms with Gasteiger partial charge in [-0.2, -0.15) is 0 Å². The second-order valence-corrected chi connectivity index (χ2v) is 6.34. The zero-order chi connectivity index (χ0) is 18.7. The number of ether oxygens (including phenoxy) is 2. The first-order valence-electron chi connectivity index (χ1n) is 7.73. The maximum atomic E-state index is 12.4. The number of nitrogens with one attached hydrogen (secondary N) is 1. The number of halogens is 2. The van der Waals surface area contributed by atoms with Crippen molar-refractivity contribution in [1.82, 2.24) is 0 Å². The van der Waals surface area contributed by atoms with Gasteiger partial charge in [-0.1, -0.05) is 34.4 Å². The summed E-state index contributed by atoms with van der Waals surface area (Å²) >= 11 is 11.9. The molecule has 1 unspecified atom stereocenters. The van der Waals surface area contributed by atoms with Crippen molar-refractivity contribution in [2.75, 3.05) is 19.5 Å². The summed E-state index contributed by atoms with van der Waals surface area (Å²) in [5.74, 6) is 0.786. The van der Waals surface area contributed by atoms with Crippen LogP contribution in [-0.4, -0.2) is 31.9 Å². The van der Waals surface area contributed by atoms with E-state index in [1.807, 2.05) is 0 Å². The topological polar surface area (TPSA) is 69.2 Å². The van der Waals surface area contributed by atoms with Crippen LogP contribution in [0.15, 0.2) is 41.6 Å². The maximum Gasteiger partial charge on any atom is 0.268 e. The molecule has 1 atom stereocenters. The number of carbonyl (C=O) groups is 1. The highest BCUT2D eigenvalue weighted by Crippen LogP contribution is 2.30. The average Bonchev–Trinajstić information content (AvgIpc) is 3.14. The molecule has 1 heterocycles. The van der Waals surface area contributed by atoms with Crippen molar-refractivity contribution in [3.05, 3.63) is 52.0 Å². The molecule has 0 saturated heterocycles. The molecule has 0 aliphatic carbocycles. The molecule has 136 valence electrons. The van der Waals surface area contributed by atoms with Crippen LogP contribution in [0.4, 0.5) is 5.69 Å². The zero-order valence-electron chi connectivity index (χ0n) is 14.1. The lowest BCUT2D eigenvalue weighted by Crippen LogP contribution is -2.28. The minimum absolute atomic E-state index is 0.309. The Morgan fingerprint density at radius 3 is 2.58 bits per heavy atom. The van der Waals surface area contributed by atoms with E-state index in [4.69, 9.17) is 37.5 Å². The van der Waals surface area contributed by atoms with Crippen LogP contribution < -0.4 is 14.8 Å². The van der Waals surface area contributed by atoms with Gasteiger partial charge in [0.05, 0.1) is 30.0 Å². The smallest absolute Gasteiger partial charge is 0.268 e. The van der Waals surface area contributed by atoms with E-state index in [0.29, 0.717) is 39.4 Å². The number of anilines is 1. The van der Waals surface area contributed by atoms with E-state index in [9.17, 15) is 4.79 Å². The van der Waals surface area contributed by atoms with Gasteiger partial charge in [-0.25, -0.2) is 0 Å². The van der Waals surface area contributed by atoms with Crippen LogP contribution in [0, 0.1) is 0 Å². The van der Waals surface area contributed by atoms with E-state index in [1.54, 1.807) is 43.5 Å².